The molecule has 0 aliphatic rings. The van der Waals surface area contributed by atoms with E-state index in [0.717, 1.165) is 5.56 Å². The van der Waals surface area contributed by atoms with Crippen LogP contribution < -0.4 is 11.1 Å². The zero-order valence-corrected chi connectivity index (χ0v) is 12.9. The third-order valence-corrected chi connectivity index (χ3v) is 3.87. The summed E-state index contributed by atoms with van der Waals surface area (Å²) in [5, 5.41) is 6.24. The van der Waals surface area contributed by atoms with Crippen molar-refractivity contribution in [3.63, 3.8) is 0 Å². The Bertz CT molecular complexity index is 615. The maximum absolute atomic E-state index is 11.6. The summed E-state index contributed by atoms with van der Waals surface area (Å²) in [6.07, 6.45) is 1.06. The summed E-state index contributed by atoms with van der Waals surface area (Å²) in [4.78, 5) is 15.9. The number of aromatic nitrogens is 1. The molecule has 0 unspecified atom stereocenters. The number of hydrogen-bond donors (Lipinski definition) is 2. The second-order valence-electron chi connectivity index (χ2n) is 4.10. The van der Waals surface area contributed by atoms with Gasteiger partial charge in [-0.15, -0.1) is 11.3 Å². The standard InChI is InChI=1S/C13H13Cl2N3OS/c14-8-3-4-9(10(15)6-8)11-7-20-13(17-11)18-12(19)2-1-5-16/h3-4,6-7H,1-2,5,16H2,(H,17,18,19). The number of thiazole rings is 1. The number of nitrogens with two attached hydrogens (primary N) is 1. The van der Waals surface area contributed by atoms with Gasteiger partial charge in [-0.1, -0.05) is 23.2 Å². The number of hydrogen-bond acceptors (Lipinski definition) is 4. The first-order chi connectivity index (χ1) is 9.60. The summed E-state index contributed by atoms with van der Waals surface area (Å²) >= 11 is 13.3. The fourth-order valence-corrected chi connectivity index (χ4v) is 2.83. The Kier molecular flexibility index (Phi) is 5.37. The Labute approximate surface area is 130 Å². The second-order valence-corrected chi connectivity index (χ2v) is 5.80. The largest absolute Gasteiger partial charge is 0.330 e. The molecule has 0 atom stereocenters. The molecule has 0 spiro atoms. The highest BCUT2D eigenvalue weighted by Gasteiger charge is 2.10. The van der Waals surface area contributed by atoms with Crippen LogP contribution in [0.4, 0.5) is 5.13 Å². The van der Waals surface area contributed by atoms with E-state index in [9.17, 15) is 4.79 Å². The molecule has 7 heteroatoms. The molecule has 3 N–H and O–H groups in total. The molecule has 0 saturated heterocycles. The quantitative estimate of drug-likeness (QED) is 0.876. The predicted octanol–water partition coefficient (Wildman–Crippen LogP) is 3.79. The van der Waals surface area contributed by atoms with Crippen molar-refractivity contribution in [2.75, 3.05) is 11.9 Å². The van der Waals surface area contributed by atoms with Crippen LogP contribution in [-0.4, -0.2) is 17.4 Å². The molecule has 1 amide bonds. The maximum atomic E-state index is 11.6. The van der Waals surface area contributed by atoms with Gasteiger partial charge in [0.25, 0.3) is 0 Å². The molecule has 106 valence electrons. The van der Waals surface area contributed by atoms with Crippen LogP contribution in [0, 0.1) is 0 Å². The number of amides is 1. The molecule has 0 aliphatic carbocycles. The minimum Gasteiger partial charge on any atom is -0.330 e. The normalized spacial score (nSPS) is 10.6. The highest BCUT2D eigenvalue weighted by atomic mass is 35.5. The Balaban J connectivity index is 2.10. The van der Waals surface area contributed by atoms with Crippen LogP contribution in [0.1, 0.15) is 12.8 Å². The van der Waals surface area contributed by atoms with Crippen molar-refractivity contribution in [2.45, 2.75) is 12.8 Å². The number of benzene rings is 1. The Morgan fingerprint density at radius 3 is 2.90 bits per heavy atom. The molecule has 1 heterocycles. The van der Waals surface area contributed by atoms with Gasteiger partial charge in [-0.05, 0) is 31.2 Å². The van der Waals surface area contributed by atoms with Crippen molar-refractivity contribution >= 4 is 45.6 Å². The number of carbonyl (C=O) groups excluding carboxylic acids is 1. The van der Waals surface area contributed by atoms with Crippen LogP contribution in [0.2, 0.25) is 10.0 Å². The van der Waals surface area contributed by atoms with E-state index in [1.165, 1.54) is 11.3 Å². The van der Waals surface area contributed by atoms with E-state index >= 15 is 0 Å². The smallest absolute Gasteiger partial charge is 0.226 e. The van der Waals surface area contributed by atoms with Crippen LogP contribution in [-0.2, 0) is 4.79 Å². The van der Waals surface area contributed by atoms with Crippen LogP contribution in [0.25, 0.3) is 11.3 Å². The molecular weight excluding hydrogens is 317 g/mol. The van der Waals surface area contributed by atoms with Crippen molar-refractivity contribution in [3.8, 4) is 11.3 Å². The van der Waals surface area contributed by atoms with Crippen molar-refractivity contribution < 1.29 is 4.79 Å². The van der Waals surface area contributed by atoms with E-state index in [2.05, 4.69) is 10.3 Å². The number of anilines is 1. The first-order valence-corrected chi connectivity index (χ1v) is 7.64. The summed E-state index contributed by atoms with van der Waals surface area (Å²) < 4.78 is 0. The van der Waals surface area contributed by atoms with Gasteiger partial charge >= 0.3 is 0 Å². The van der Waals surface area contributed by atoms with Crippen molar-refractivity contribution in [1.29, 1.82) is 0 Å². The van der Waals surface area contributed by atoms with E-state index in [4.69, 9.17) is 28.9 Å². The molecule has 1 aromatic carbocycles. The molecule has 1 aromatic heterocycles. The third kappa shape index (κ3) is 3.93. The monoisotopic (exact) mass is 329 g/mol. The summed E-state index contributed by atoms with van der Waals surface area (Å²) in [6, 6.07) is 5.22. The number of rotatable bonds is 5. The van der Waals surface area contributed by atoms with Gasteiger partial charge in [0.15, 0.2) is 5.13 Å². The summed E-state index contributed by atoms with van der Waals surface area (Å²) in [6.45, 7) is 0.497. The molecule has 2 rings (SSSR count). The molecule has 0 radical (unpaired) electrons. The zero-order valence-electron chi connectivity index (χ0n) is 10.5. The van der Waals surface area contributed by atoms with Gasteiger partial charge in [0.2, 0.25) is 5.91 Å². The molecule has 4 nitrogen and oxygen atoms in total. The van der Waals surface area contributed by atoms with E-state index in [1.54, 1.807) is 18.2 Å². The SMILES string of the molecule is NCCCC(=O)Nc1nc(-c2ccc(Cl)cc2Cl)cs1. The van der Waals surface area contributed by atoms with E-state index in [0.29, 0.717) is 40.3 Å². The van der Waals surface area contributed by atoms with Gasteiger partial charge < -0.3 is 11.1 Å². The molecule has 0 fully saturated rings. The molecule has 0 saturated carbocycles. The van der Waals surface area contributed by atoms with Crippen molar-refractivity contribution in [3.05, 3.63) is 33.6 Å². The first kappa shape index (κ1) is 15.3. The Morgan fingerprint density at radius 2 is 2.20 bits per heavy atom. The summed E-state index contributed by atoms with van der Waals surface area (Å²) in [5.74, 6) is -0.0847. The molecular formula is C13H13Cl2N3OS. The van der Waals surface area contributed by atoms with Crippen molar-refractivity contribution in [2.24, 2.45) is 5.73 Å². The average Bonchev–Trinajstić information content (AvgIpc) is 2.84. The third-order valence-electron chi connectivity index (χ3n) is 2.57. The van der Waals surface area contributed by atoms with E-state index in [1.807, 2.05) is 5.38 Å². The number of nitrogens with one attached hydrogen (secondary N) is 1. The Hall–Kier alpha value is -1.14. The number of halogens is 2. The summed E-state index contributed by atoms with van der Waals surface area (Å²) in [7, 11) is 0. The highest BCUT2D eigenvalue weighted by molar-refractivity contribution is 7.14. The fraction of sp³-hybridized carbons (Fsp3) is 0.231. The lowest BCUT2D eigenvalue weighted by molar-refractivity contribution is -0.116. The molecule has 20 heavy (non-hydrogen) atoms. The molecule has 2 aromatic rings. The lowest BCUT2D eigenvalue weighted by Crippen LogP contribution is -2.13. The summed E-state index contributed by atoms with van der Waals surface area (Å²) in [5.41, 5.74) is 6.86. The van der Waals surface area contributed by atoms with Gasteiger partial charge in [0.05, 0.1) is 10.7 Å². The lowest BCUT2D eigenvalue weighted by Gasteiger charge is -2.01. The van der Waals surface area contributed by atoms with Gasteiger partial charge in [-0.3, -0.25) is 4.79 Å². The van der Waals surface area contributed by atoms with Crippen LogP contribution in [0.3, 0.4) is 0 Å². The second kappa shape index (κ2) is 7.04. The highest BCUT2D eigenvalue weighted by Crippen LogP contribution is 2.32. The minimum absolute atomic E-state index is 0.0847. The van der Waals surface area contributed by atoms with E-state index in [-0.39, 0.29) is 5.91 Å². The van der Waals surface area contributed by atoms with Gasteiger partial charge in [-0.2, -0.15) is 0 Å². The van der Waals surface area contributed by atoms with Gasteiger partial charge in [0, 0.05) is 22.4 Å². The van der Waals surface area contributed by atoms with Crippen molar-refractivity contribution in [1.82, 2.24) is 4.98 Å². The minimum atomic E-state index is -0.0847. The van der Waals surface area contributed by atoms with E-state index < -0.39 is 0 Å². The van der Waals surface area contributed by atoms with Gasteiger partial charge in [-0.25, -0.2) is 4.98 Å². The average molecular weight is 330 g/mol. The maximum Gasteiger partial charge on any atom is 0.226 e. The zero-order chi connectivity index (χ0) is 14.5. The van der Waals surface area contributed by atoms with Crippen LogP contribution >= 0.6 is 34.5 Å². The van der Waals surface area contributed by atoms with Crippen LogP contribution in [0.5, 0.6) is 0 Å². The van der Waals surface area contributed by atoms with Gasteiger partial charge in [0.1, 0.15) is 0 Å². The lowest BCUT2D eigenvalue weighted by atomic mass is 10.2. The topological polar surface area (TPSA) is 68.0 Å². The fourth-order valence-electron chi connectivity index (χ4n) is 1.60. The Morgan fingerprint density at radius 1 is 1.40 bits per heavy atom. The molecule has 0 bridgehead atoms. The van der Waals surface area contributed by atoms with Crippen LogP contribution in [0.15, 0.2) is 23.6 Å². The molecule has 0 aliphatic heterocycles. The number of nitrogens with zero attached hydrogens (tertiary/aromatic N) is 1. The predicted molar refractivity (Wildman–Crippen MR) is 84.5 cm³/mol. The number of carbonyl (C=O) groups is 1. The first-order valence-electron chi connectivity index (χ1n) is 6.01.